The SMILES string of the molecule is CC[C@H](C)[C@H](NC(=O)N[C@@H](Cc1ccc(O)cc1)C(=O)O)NC(=O)OCC1c2ccccc2-c2ccccc21. The molecule has 4 rings (SSSR count). The minimum absolute atomic E-state index is 0.0246. The van der Waals surface area contributed by atoms with Gasteiger partial charge in [-0.25, -0.2) is 14.4 Å². The van der Waals surface area contributed by atoms with E-state index in [1.165, 1.54) is 12.1 Å². The van der Waals surface area contributed by atoms with E-state index in [1.54, 1.807) is 12.1 Å². The average molecular weight is 532 g/mol. The smallest absolute Gasteiger partial charge is 0.408 e. The van der Waals surface area contributed by atoms with E-state index in [0.29, 0.717) is 12.0 Å². The van der Waals surface area contributed by atoms with Crippen LogP contribution in [0, 0.1) is 5.92 Å². The second-order valence-corrected chi connectivity index (χ2v) is 9.71. The van der Waals surface area contributed by atoms with Gasteiger partial charge >= 0.3 is 18.1 Å². The molecule has 5 N–H and O–H groups in total. The van der Waals surface area contributed by atoms with Crippen LogP contribution in [0.4, 0.5) is 9.59 Å². The fraction of sp³-hybridized carbons (Fsp3) is 0.300. The summed E-state index contributed by atoms with van der Waals surface area (Å²) in [6.07, 6.45) is -0.795. The highest BCUT2D eigenvalue weighted by Gasteiger charge is 2.30. The number of ether oxygens (including phenoxy) is 1. The van der Waals surface area contributed by atoms with Crippen LogP contribution in [0.1, 0.15) is 42.9 Å². The summed E-state index contributed by atoms with van der Waals surface area (Å²) < 4.78 is 5.62. The molecule has 0 heterocycles. The summed E-state index contributed by atoms with van der Waals surface area (Å²) in [6.45, 7) is 3.91. The topological polar surface area (TPSA) is 137 Å². The quantitative estimate of drug-likeness (QED) is 0.243. The van der Waals surface area contributed by atoms with Crippen LogP contribution in [0.3, 0.4) is 0 Å². The first-order valence-electron chi connectivity index (χ1n) is 13.0. The normalized spacial score (nSPS) is 14.3. The number of fused-ring (bicyclic) bond motifs is 3. The molecule has 3 aromatic carbocycles. The maximum Gasteiger partial charge on any atom is 0.408 e. The van der Waals surface area contributed by atoms with Crippen LogP contribution in [0.5, 0.6) is 5.75 Å². The van der Waals surface area contributed by atoms with Gasteiger partial charge in [0.15, 0.2) is 0 Å². The van der Waals surface area contributed by atoms with Gasteiger partial charge in [-0.3, -0.25) is 0 Å². The highest BCUT2D eigenvalue weighted by molar-refractivity contribution is 5.83. The number of urea groups is 1. The lowest BCUT2D eigenvalue weighted by atomic mass is 9.98. The predicted molar refractivity (Wildman–Crippen MR) is 146 cm³/mol. The molecule has 0 saturated heterocycles. The van der Waals surface area contributed by atoms with E-state index < -0.39 is 30.3 Å². The van der Waals surface area contributed by atoms with Crippen molar-refractivity contribution >= 4 is 18.1 Å². The maximum absolute atomic E-state index is 12.8. The van der Waals surface area contributed by atoms with E-state index in [9.17, 15) is 24.6 Å². The van der Waals surface area contributed by atoms with Crippen molar-refractivity contribution in [3.05, 3.63) is 89.5 Å². The minimum Gasteiger partial charge on any atom is -0.508 e. The first-order chi connectivity index (χ1) is 18.8. The lowest BCUT2D eigenvalue weighted by Gasteiger charge is -2.26. The van der Waals surface area contributed by atoms with Crippen LogP contribution in [-0.4, -0.2) is 47.1 Å². The molecular weight excluding hydrogens is 498 g/mol. The van der Waals surface area contributed by atoms with Crippen molar-refractivity contribution < 1.29 is 29.3 Å². The number of carboxylic acid groups (broad SMARTS) is 1. The maximum atomic E-state index is 12.8. The Labute approximate surface area is 227 Å². The van der Waals surface area contributed by atoms with Gasteiger partial charge in [-0.05, 0) is 52.3 Å². The lowest BCUT2D eigenvalue weighted by molar-refractivity contribution is -0.139. The van der Waals surface area contributed by atoms with Crippen molar-refractivity contribution in [3.63, 3.8) is 0 Å². The number of carboxylic acids is 1. The number of benzene rings is 3. The first kappa shape index (κ1) is 27.5. The summed E-state index contributed by atoms with van der Waals surface area (Å²) in [5.74, 6) is -1.40. The molecule has 0 aromatic heterocycles. The zero-order chi connectivity index (χ0) is 27.9. The number of nitrogens with one attached hydrogen (secondary N) is 3. The Morgan fingerprint density at radius 3 is 2.03 bits per heavy atom. The van der Waals surface area contributed by atoms with Crippen LogP contribution in [0.25, 0.3) is 11.1 Å². The monoisotopic (exact) mass is 531 g/mol. The van der Waals surface area contributed by atoms with Gasteiger partial charge in [0.2, 0.25) is 0 Å². The van der Waals surface area contributed by atoms with Crippen LogP contribution in [0.15, 0.2) is 72.8 Å². The molecule has 0 radical (unpaired) electrons. The molecule has 204 valence electrons. The number of phenolic OH excluding ortho intramolecular Hbond substituents is 1. The van der Waals surface area contributed by atoms with E-state index in [2.05, 4.69) is 28.1 Å². The third-order valence-corrected chi connectivity index (χ3v) is 7.10. The number of alkyl carbamates (subject to hydrolysis) is 1. The number of carbonyl (C=O) groups excluding carboxylic acids is 2. The van der Waals surface area contributed by atoms with Gasteiger partial charge < -0.3 is 30.9 Å². The second kappa shape index (κ2) is 12.3. The van der Waals surface area contributed by atoms with Crippen LogP contribution >= 0.6 is 0 Å². The third kappa shape index (κ3) is 6.67. The predicted octanol–water partition coefficient (Wildman–Crippen LogP) is 4.60. The summed E-state index contributed by atoms with van der Waals surface area (Å²) in [5, 5.41) is 26.9. The highest BCUT2D eigenvalue weighted by atomic mass is 16.5. The molecule has 0 aliphatic heterocycles. The molecule has 0 saturated carbocycles. The van der Waals surface area contributed by atoms with Gasteiger partial charge in [0.05, 0.1) is 0 Å². The van der Waals surface area contributed by atoms with Crippen molar-refractivity contribution in [2.45, 2.75) is 44.8 Å². The number of carbonyl (C=O) groups is 3. The molecular formula is C30H33N3O6. The second-order valence-electron chi connectivity index (χ2n) is 9.71. The molecule has 1 aliphatic carbocycles. The number of amides is 3. The number of rotatable bonds is 10. The van der Waals surface area contributed by atoms with Crippen molar-refractivity contribution in [1.82, 2.24) is 16.0 Å². The Morgan fingerprint density at radius 2 is 1.46 bits per heavy atom. The Kier molecular flexibility index (Phi) is 8.70. The summed E-state index contributed by atoms with van der Waals surface area (Å²) in [4.78, 5) is 37.3. The number of aromatic hydroxyl groups is 1. The zero-order valence-corrected chi connectivity index (χ0v) is 21.9. The van der Waals surface area contributed by atoms with Crippen molar-refractivity contribution in [1.29, 1.82) is 0 Å². The van der Waals surface area contributed by atoms with Crippen LogP contribution in [0.2, 0.25) is 0 Å². The average Bonchev–Trinajstić information content (AvgIpc) is 3.25. The Balaban J connectivity index is 1.36. The molecule has 9 heteroatoms. The fourth-order valence-electron chi connectivity index (χ4n) is 4.73. The molecule has 3 atom stereocenters. The zero-order valence-electron chi connectivity index (χ0n) is 21.9. The Morgan fingerprint density at radius 1 is 0.872 bits per heavy atom. The molecule has 0 spiro atoms. The summed E-state index contributed by atoms with van der Waals surface area (Å²) >= 11 is 0. The fourth-order valence-corrected chi connectivity index (χ4v) is 4.73. The van der Waals surface area contributed by atoms with Gasteiger partial charge in [-0.1, -0.05) is 74.5 Å². The van der Waals surface area contributed by atoms with Gasteiger partial charge in [0.1, 0.15) is 24.6 Å². The van der Waals surface area contributed by atoms with Crippen molar-refractivity contribution in [3.8, 4) is 16.9 Å². The molecule has 1 aliphatic rings. The van der Waals surface area contributed by atoms with Gasteiger partial charge in [-0.15, -0.1) is 0 Å². The Bertz CT molecular complexity index is 1280. The highest BCUT2D eigenvalue weighted by Crippen LogP contribution is 2.44. The summed E-state index contributed by atoms with van der Waals surface area (Å²) in [6, 6.07) is 20.2. The number of phenols is 1. The van der Waals surface area contributed by atoms with E-state index in [4.69, 9.17) is 4.74 Å². The standard InChI is InChI=1S/C30H33N3O6/c1-3-18(2)27(32-29(37)31-26(28(35)36)16-19-12-14-20(34)15-13-19)33-30(38)39-17-25-23-10-6-4-8-21(23)22-9-5-7-11-24(22)25/h4-15,18,25-27,34H,3,16-17H2,1-2H3,(H,33,38)(H,35,36)(H2,31,32,37)/t18-,26-,27+/m0/s1. The number of hydrogen-bond donors (Lipinski definition) is 5. The van der Waals surface area contributed by atoms with Crippen molar-refractivity contribution in [2.24, 2.45) is 5.92 Å². The van der Waals surface area contributed by atoms with Crippen molar-refractivity contribution in [2.75, 3.05) is 6.61 Å². The van der Waals surface area contributed by atoms with Crippen LogP contribution in [-0.2, 0) is 16.0 Å². The van der Waals surface area contributed by atoms with Gasteiger partial charge in [0.25, 0.3) is 0 Å². The van der Waals surface area contributed by atoms with E-state index >= 15 is 0 Å². The van der Waals surface area contributed by atoms with E-state index in [0.717, 1.165) is 22.3 Å². The lowest BCUT2D eigenvalue weighted by Crippen LogP contribution is -2.57. The molecule has 0 fully saturated rings. The van der Waals surface area contributed by atoms with Gasteiger partial charge in [0, 0.05) is 12.3 Å². The summed E-state index contributed by atoms with van der Waals surface area (Å²) in [7, 11) is 0. The third-order valence-electron chi connectivity index (χ3n) is 7.10. The molecule has 0 unspecified atom stereocenters. The Hall–Kier alpha value is -4.53. The molecule has 0 bridgehead atoms. The minimum atomic E-state index is -1.21. The first-order valence-corrected chi connectivity index (χ1v) is 13.0. The van der Waals surface area contributed by atoms with E-state index in [1.807, 2.05) is 50.2 Å². The molecule has 9 nitrogen and oxygen atoms in total. The molecule has 3 amide bonds. The molecule has 3 aromatic rings. The van der Waals surface area contributed by atoms with E-state index in [-0.39, 0.29) is 30.6 Å². The number of aliphatic carboxylic acids is 1. The number of hydrogen-bond acceptors (Lipinski definition) is 5. The van der Waals surface area contributed by atoms with Gasteiger partial charge in [-0.2, -0.15) is 0 Å². The summed E-state index contributed by atoms with van der Waals surface area (Å²) in [5.41, 5.74) is 5.07. The molecule has 39 heavy (non-hydrogen) atoms. The largest absolute Gasteiger partial charge is 0.508 e. The van der Waals surface area contributed by atoms with Crippen LogP contribution < -0.4 is 16.0 Å².